The van der Waals surface area contributed by atoms with Crippen LogP contribution in [-0.4, -0.2) is 51.2 Å². The summed E-state index contributed by atoms with van der Waals surface area (Å²) in [4.78, 5) is 31.6. The van der Waals surface area contributed by atoms with Crippen LogP contribution in [0.3, 0.4) is 0 Å². The van der Waals surface area contributed by atoms with Crippen LogP contribution in [0, 0.1) is 12.7 Å². The van der Waals surface area contributed by atoms with Crippen molar-refractivity contribution in [3.05, 3.63) is 116 Å². The van der Waals surface area contributed by atoms with Crippen LogP contribution >= 0.6 is 11.8 Å². The zero-order chi connectivity index (χ0) is 56.7. The molecule has 48 heavy (non-hydrogen) atoms. The van der Waals surface area contributed by atoms with Crippen molar-refractivity contribution in [2.75, 3.05) is 26.0 Å². The van der Waals surface area contributed by atoms with E-state index in [1.54, 1.807) is 0 Å². The van der Waals surface area contributed by atoms with Gasteiger partial charge in [0.05, 0.1) is 20.6 Å². The van der Waals surface area contributed by atoms with Gasteiger partial charge in [-0.15, -0.1) is 0 Å². The number of carbonyl (C=O) groups is 1. The number of carbonyl (C=O) groups excluding carboxylic acids is 1. The zero-order valence-electron chi connectivity index (χ0n) is 50.0. The fraction of sp³-hybridized carbons (Fsp3) is 0.378. The summed E-state index contributed by atoms with van der Waals surface area (Å²) in [5.41, 5.74) is -14.8. The number of thioether (sulfide) groups is 1. The number of nitrogens with zero attached hydrogens (tertiary/aromatic N) is 4. The maximum atomic E-state index is 15.4. The Kier molecular flexibility index (Phi) is 4.94. The van der Waals surface area contributed by atoms with Crippen LogP contribution in [0.4, 0.5) is 17.6 Å². The molecule has 0 fully saturated rings. The minimum atomic E-state index is -5.31. The van der Waals surface area contributed by atoms with E-state index in [0.717, 1.165) is 24.3 Å². The quantitative estimate of drug-likeness (QED) is 0.0819. The summed E-state index contributed by atoms with van der Waals surface area (Å²) < 4.78 is 274. The van der Waals surface area contributed by atoms with Gasteiger partial charge in [-0.05, 0) is 85.0 Å². The lowest BCUT2D eigenvalue weighted by Crippen LogP contribution is -2.40. The highest BCUT2D eigenvalue weighted by molar-refractivity contribution is 7.98. The molecule has 3 aromatic carbocycles. The molecule has 0 atom stereocenters. The first-order valence-corrected chi connectivity index (χ1v) is 14.4. The van der Waals surface area contributed by atoms with Gasteiger partial charge in [0, 0.05) is 55.7 Å². The number of amides is 1. The lowest BCUT2D eigenvalue weighted by molar-refractivity contribution is -0.138. The van der Waals surface area contributed by atoms with Crippen molar-refractivity contribution in [2.45, 2.75) is 70.0 Å². The van der Waals surface area contributed by atoms with E-state index < -0.39 is 189 Å². The summed E-state index contributed by atoms with van der Waals surface area (Å²) in [6.07, 6.45) is -17.0. The summed E-state index contributed by atoms with van der Waals surface area (Å²) in [7, 11) is 0. The van der Waals surface area contributed by atoms with E-state index in [-0.39, 0.29) is 16.3 Å². The second-order valence-electron chi connectivity index (χ2n) is 9.46. The van der Waals surface area contributed by atoms with Crippen LogP contribution in [0.2, 0.25) is 0 Å². The highest BCUT2D eigenvalue weighted by atomic mass is 32.2. The average Bonchev–Trinajstić information content (AvgIpc) is 3.31. The van der Waals surface area contributed by atoms with Gasteiger partial charge in [-0.2, -0.15) is 18.2 Å². The third kappa shape index (κ3) is 8.54. The fourth-order valence-electron chi connectivity index (χ4n) is 3.94. The molecular weight excluding hydrogens is 640 g/mol. The number of benzene rings is 3. The normalized spacial score (nSPS) is 25.4. The topological polar surface area (TPSA) is 58.4 Å². The number of hydrogen-bond acceptors (Lipinski definition) is 5. The molecule has 254 valence electrons. The van der Waals surface area contributed by atoms with Crippen molar-refractivity contribution in [1.29, 1.82) is 0 Å². The highest BCUT2D eigenvalue weighted by Gasteiger charge is 2.32. The van der Waals surface area contributed by atoms with Gasteiger partial charge in [0.25, 0.3) is 5.56 Å². The van der Waals surface area contributed by atoms with Crippen LogP contribution in [0.25, 0.3) is 11.1 Å². The van der Waals surface area contributed by atoms with Gasteiger partial charge in [-0.1, -0.05) is 74.0 Å². The molecule has 0 saturated carbocycles. The molecule has 1 heterocycles. The maximum absolute atomic E-state index is 15.4. The Bertz CT molecular complexity index is 2900. The smallest absolute Gasteiger partial charge is 0.336 e. The predicted octanol–water partition coefficient (Wildman–Crippen LogP) is 7.53. The van der Waals surface area contributed by atoms with Gasteiger partial charge >= 0.3 is 6.18 Å². The highest BCUT2D eigenvalue weighted by Crippen LogP contribution is 2.34. The first kappa shape index (κ1) is 15.3. The molecule has 1 aromatic heterocycles. The molecule has 0 unspecified atom stereocenters. The molecule has 1 amide bonds. The summed E-state index contributed by atoms with van der Waals surface area (Å²) in [6.45, 7) is -20.1. The molecule has 0 bridgehead atoms. The summed E-state index contributed by atoms with van der Waals surface area (Å²) in [6, 6.07) is -6.55. The Morgan fingerprint density at radius 3 is 2.38 bits per heavy atom. The molecule has 0 spiro atoms. The monoisotopic (exact) mass is 705 g/mol. The van der Waals surface area contributed by atoms with Crippen LogP contribution in [-0.2, 0) is 42.5 Å². The van der Waals surface area contributed by atoms with Crippen LogP contribution in [0.15, 0.2) is 76.5 Å². The summed E-state index contributed by atoms with van der Waals surface area (Å²) >= 11 is -0.339. The number of aromatic nitrogens is 2. The first-order valence-electron chi connectivity index (χ1n) is 26.0. The minimum absolute atomic E-state index is 0.339. The average molecular weight is 706 g/mol. The van der Waals surface area contributed by atoms with Crippen LogP contribution in [0.1, 0.15) is 88.0 Å². The molecule has 0 saturated heterocycles. The zero-order valence-corrected chi connectivity index (χ0v) is 25.9. The Labute approximate surface area is 317 Å². The Morgan fingerprint density at radius 2 is 1.71 bits per heavy atom. The molecule has 1 aliphatic carbocycles. The van der Waals surface area contributed by atoms with E-state index in [1.807, 2.05) is 0 Å². The third-order valence-corrected chi connectivity index (χ3v) is 7.05. The van der Waals surface area contributed by atoms with Crippen molar-refractivity contribution in [3.8, 4) is 11.1 Å². The Morgan fingerprint density at radius 1 is 1.02 bits per heavy atom. The molecule has 11 heteroatoms. The summed E-state index contributed by atoms with van der Waals surface area (Å²) in [5, 5.41) is -1.44. The maximum Gasteiger partial charge on any atom is 0.416 e. The summed E-state index contributed by atoms with van der Waals surface area (Å²) in [5.74, 6) is -3.50. The lowest BCUT2D eigenvalue weighted by atomic mass is 9.98. The lowest BCUT2D eigenvalue weighted by Gasteiger charge is -2.28. The number of fused-ring (bicyclic) bond motifs is 1. The number of halogens is 4. The van der Waals surface area contributed by atoms with Crippen molar-refractivity contribution in [3.63, 3.8) is 0 Å². The van der Waals surface area contributed by atoms with E-state index in [2.05, 4.69) is 4.98 Å². The number of rotatable bonds is 13. The number of hydrogen-bond donors (Lipinski definition) is 0. The van der Waals surface area contributed by atoms with Crippen molar-refractivity contribution in [2.24, 2.45) is 0 Å². The number of alkyl halides is 3. The molecule has 0 aliphatic heterocycles. The molecule has 6 nitrogen and oxygen atoms in total. The Balaban J connectivity index is 1.93. The predicted molar refractivity (Wildman–Crippen MR) is 181 cm³/mol. The van der Waals surface area contributed by atoms with E-state index in [1.165, 1.54) is 0 Å². The van der Waals surface area contributed by atoms with Gasteiger partial charge in [0.2, 0.25) is 5.91 Å². The van der Waals surface area contributed by atoms with E-state index in [9.17, 15) is 27.8 Å². The fourth-order valence-corrected chi connectivity index (χ4v) is 4.64. The van der Waals surface area contributed by atoms with Crippen molar-refractivity contribution >= 4 is 17.7 Å². The second-order valence-corrected chi connectivity index (χ2v) is 10.2. The number of likely N-dealkylation sites (N-methyl/N-ethyl adjacent to an activating group) is 1. The van der Waals surface area contributed by atoms with Gasteiger partial charge in [-0.25, -0.2) is 4.39 Å². The van der Waals surface area contributed by atoms with Crippen molar-refractivity contribution < 1.29 is 56.6 Å². The SMILES string of the molecule is [2H]c1c([2H])c(-c2c([2H])c([2H])c(C(F)(F)F)c(C)c2[2H])c([2H])c([2H])c1CN(C(=O)C([2H])([2H])n1c(SC([2H])([2H])c2ccc(F)cc2)nc(=O)c2c1C([2H])([2H])C([2H])([2H])C2([2H])[2H])C([2H])([2H])C([2H])([2H])N(C([2H])([2H])C)C([2H])([2H])C. The van der Waals surface area contributed by atoms with Crippen LogP contribution in [0.5, 0.6) is 0 Å². The van der Waals surface area contributed by atoms with Crippen LogP contribution < -0.4 is 5.56 Å². The molecule has 1 aliphatic rings. The third-order valence-electron chi connectivity index (χ3n) is 6.26. The van der Waals surface area contributed by atoms with Gasteiger partial charge in [0.1, 0.15) is 12.3 Å². The standard InChI is InChI=1S/C37H40F4N4O2S/c1-4-43(5-2)19-20-44(22-26-9-13-28(14-10-26)29-15-18-32(25(3)21-29)37(39,40)41)34(46)23-45-33-8-6-7-31(33)35(47)42-36(45)48-24-27-11-16-30(38)17-12-27/h9-18,21H,4-8,19-20,22-24H2,1-3H3/i4D2,5D2,6D2,7D2,8D2,9D,10D,13D,14D,15D,18D,19D2,20D2,21D,23D2,24D2. The van der Waals surface area contributed by atoms with E-state index in [4.69, 9.17) is 28.8 Å². The molecule has 0 N–H and O–H groups in total. The molecule has 4 aromatic rings. The molecular formula is C37H40F4N4O2S. The van der Waals surface area contributed by atoms with E-state index >= 15 is 4.79 Å². The first-order chi connectivity index (χ1) is 32.5. The Hall–Kier alpha value is -3.96. The van der Waals surface area contributed by atoms with E-state index in [0.29, 0.717) is 20.8 Å². The van der Waals surface area contributed by atoms with Gasteiger partial charge in [-0.3, -0.25) is 9.59 Å². The van der Waals surface area contributed by atoms with Crippen molar-refractivity contribution in [1.82, 2.24) is 19.4 Å². The van der Waals surface area contributed by atoms with Gasteiger partial charge in [0.15, 0.2) is 5.16 Å². The molecule has 0 radical (unpaired) electrons. The minimum Gasteiger partial charge on any atom is -0.336 e. The van der Waals surface area contributed by atoms with Gasteiger partial charge < -0.3 is 14.4 Å². The largest absolute Gasteiger partial charge is 0.416 e. The second kappa shape index (κ2) is 15.5. The molecule has 5 rings (SSSR count).